The first kappa shape index (κ1) is 15.1. The molecule has 6 heteroatoms. The van der Waals surface area contributed by atoms with E-state index in [0.717, 1.165) is 35.8 Å². The van der Waals surface area contributed by atoms with Gasteiger partial charge in [0.2, 0.25) is 5.91 Å². The summed E-state index contributed by atoms with van der Waals surface area (Å²) >= 11 is 1.64. The molecule has 2 aliphatic rings. The first-order chi connectivity index (χ1) is 10.7. The number of benzene rings is 1. The van der Waals surface area contributed by atoms with Crippen LogP contribution in [0.1, 0.15) is 23.2 Å². The average Bonchev–Trinajstić information content (AvgIpc) is 2.73. The lowest BCUT2D eigenvalue weighted by molar-refractivity contribution is -0.115. The molecule has 0 bridgehead atoms. The molecule has 2 aliphatic heterocycles. The molecule has 2 heterocycles. The molecule has 1 aromatic rings. The van der Waals surface area contributed by atoms with Gasteiger partial charge in [0.05, 0.1) is 5.69 Å². The summed E-state index contributed by atoms with van der Waals surface area (Å²) in [6.07, 6.45) is 3.60. The minimum Gasteiger partial charge on any atom is -0.348 e. The van der Waals surface area contributed by atoms with E-state index in [1.807, 2.05) is 12.1 Å². The van der Waals surface area contributed by atoms with E-state index in [4.69, 9.17) is 0 Å². The van der Waals surface area contributed by atoms with Gasteiger partial charge in [0.1, 0.15) is 0 Å². The van der Waals surface area contributed by atoms with Gasteiger partial charge >= 0.3 is 0 Å². The number of rotatable bonds is 3. The molecule has 0 radical (unpaired) electrons. The van der Waals surface area contributed by atoms with E-state index in [0.29, 0.717) is 18.5 Å². The predicted octanol–water partition coefficient (Wildman–Crippen LogP) is 1.77. The van der Waals surface area contributed by atoms with Crippen LogP contribution in [-0.2, 0) is 4.79 Å². The molecule has 0 aliphatic carbocycles. The summed E-state index contributed by atoms with van der Waals surface area (Å²) in [7, 11) is 0. The second kappa shape index (κ2) is 6.98. The maximum atomic E-state index is 12.3. The van der Waals surface area contributed by atoms with Crippen LogP contribution < -0.4 is 16.0 Å². The molecule has 0 unspecified atom stereocenters. The second-order valence-electron chi connectivity index (χ2n) is 5.36. The molecule has 0 saturated heterocycles. The van der Waals surface area contributed by atoms with E-state index in [9.17, 15) is 9.59 Å². The molecular weight excluding hydrogens is 298 g/mol. The van der Waals surface area contributed by atoms with Crippen LogP contribution in [0.15, 0.2) is 34.7 Å². The molecule has 0 saturated carbocycles. The summed E-state index contributed by atoms with van der Waals surface area (Å²) in [6.45, 7) is 2.41. The van der Waals surface area contributed by atoms with E-state index >= 15 is 0 Å². The van der Waals surface area contributed by atoms with Crippen molar-refractivity contribution in [1.29, 1.82) is 0 Å². The zero-order valence-electron chi connectivity index (χ0n) is 12.3. The molecule has 2 amide bonds. The van der Waals surface area contributed by atoms with Gasteiger partial charge in [-0.3, -0.25) is 9.59 Å². The summed E-state index contributed by atoms with van der Waals surface area (Å²) in [6, 6.07) is 5.48. The van der Waals surface area contributed by atoms with Crippen molar-refractivity contribution >= 4 is 29.3 Å². The first-order valence-electron chi connectivity index (χ1n) is 7.46. The van der Waals surface area contributed by atoms with Gasteiger partial charge in [-0.15, -0.1) is 11.8 Å². The number of hydrogen-bond donors (Lipinski definition) is 3. The van der Waals surface area contributed by atoms with E-state index in [1.54, 1.807) is 17.8 Å². The zero-order chi connectivity index (χ0) is 15.4. The smallest absolute Gasteiger partial charge is 0.251 e. The van der Waals surface area contributed by atoms with Crippen molar-refractivity contribution in [1.82, 2.24) is 10.6 Å². The fourth-order valence-electron chi connectivity index (χ4n) is 2.49. The van der Waals surface area contributed by atoms with Gasteiger partial charge in [-0.05, 0) is 31.2 Å². The van der Waals surface area contributed by atoms with Crippen molar-refractivity contribution in [2.75, 3.05) is 30.7 Å². The number of carbonyl (C=O) groups excluding carboxylic acids is 2. The summed E-state index contributed by atoms with van der Waals surface area (Å²) in [5.41, 5.74) is 2.57. The normalized spacial score (nSPS) is 17.8. The Kier molecular flexibility index (Phi) is 4.80. The second-order valence-corrected chi connectivity index (χ2v) is 6.49. The number of hydrogen-bond acceptors (Lipinski definition) is 4. The lowest BCUT2D eigenvalue weighted by Crippen LogP contribution is -2.29. The summed E-state index contributed by atoms with van der Waals surface area (Å²) < 4.78 is 0. The minimum absolute atomic E-state index is 0.00340. The molecule has 0 aromatic heterocycles. The number of thioether (sulfide) groups is 1. The average molecular weight is 317 g/mol. The van der Waals surface area contributed by atoms with Crippen molar-refractivity contribution in [3.8, 4) is 0 Å². The summed E-state index contributed by atoms with van der Waals surface area (Å²) in [5.74, 6) is 0.668. The molecule has 1 aromatic carbocycles. The minimum atomic E-state index is -0.106. The maximum absolute atomic E-state index is 12.3. The van der Waals surface area contributed by atoms with Crippen molar-refractivity contribution in [3.63, 3.8) is 0 Å². The van der Waals surface area contributed by atoms with Gasteiger partial charge in [-0.25, -0.2) is 0 Å². The molecular formula is C16H19N3O2S. The molecule has 0 spiro atoms. The van der Waals surface area contributed by atoms with Gasteiger partial charge < -0.3 is 16.0 Å². The Hall–Kier alpha value is -1.79. The van der Waals surface area contributed by atoms with Gasteiger partial charge in [0, 0.05) is 35.7 Å². The van der Waals surface area contributed by atoms with E-state index in [2.05, 4.69) is 22.0 Å². The number of carbonyl (C=O) groups is 2. The zero-order valence-corrected chi connectivity index (χ0v) is 13.1. The number of nitrogens with one attached hydrogen (secondary N) is 3. The van der Waals surface area contributed by atoms with Crippen LogP contribution in [0.25, 0.3) is 0 Å². The Labute approximate surface area is 133 Å². The molecule has 3 rings (SSSR count). The Morgan fingerprint density at radius 1 is 1.32 bits per heavy atom. The Bertz CT molecular complexity index is 628. The molecule has 0 atom stereocenters. The third-order valence-electron chi connectivity index (χ3n) is 3.74. The summed E-state index contributed by atoms with van der Waals surface area (Å²) in [5, 5.41) is 9.06. The van der Waals surface area contributed by atoms with Gasteiger partial charge in [-0.1, -0.05) is 11.6 Å². The van der Waals surface area contributed by atoms with Gasteiger partial charge in [0.25, 0.3) is 5.91 Å². The Morgan fingerprint density at radius 2 is 2.23 bits per heavy atom. The monoisotopic (exact) mass is 317 g/mol. The Balaban J connectivity index is 1.67. The topological polar surface area (TPSA) is 70.2 Å². The Morgan fingerprint density at radius 3 is 3.05 bits per heavy atom. The molecule has 0 fully saturated rings. The van der Waals surface area contributed by atoms with Crippen LogP contribution in [0.2, 0.25) is 0 Å². The van der Waals surface area contributed by atoms with Crippen LogP contribution >= 0.6 is 11.8 Å². The third kappa shape index (κ3) is 3.69. The molecule has 116 valence electrons. The fraction of sp³-hybridized carbons (Fsp3) is 0.375. The van der Waals surface area contributed by atoms with Crippen LogP contribution in [0.4, 0.5) is 5.69 Å². The lowest BCUT2D eigenvalue weighted by Gasteiger charge is -2.15. The third-order valence-corrected chi connectivity index (χ3v) is 4.81. The highest BCUT2D eigenvalue weighted by Gasteiger charge is 2.16. The standard InChI is InChI=1S/C16H19N3O2S/c20-15-5-8-22-14-2-1-12(9-13(14)19-15)16(21)18-10-11-3-6-17-7-4-11/h1-3,9,17H,4-8,10H2,(H,18,21)(H,19,20). The fourth-order valence-corrected chi connectivity index (χ4v) is 3.42. The van der Waals surface area contributed by atoms with Crippen LogP contribution in [-0.4, -0.2) is 37.2 Å². The SMILES string of the molecule is O=C1CCSc2ccc(C(=O)NCC3=CCNCC3)cc2N1. The highest BCUT2D eigenvalue weighted by atomic mass is 32.2. The van der Waals surface area contributed by atoms with Crippen LogP contribution in [0, 0.1) is 0 Å². The first-order valence-corrected chi connectivity index (χ1v) is 8.44. The van der Waals surface area contributed by atoms with E-state index in [-0.39, 0.29) is 11.8 Å². The van der Waals surface area contributed by atoms with Crippen molar-refractivity contribution in [3.05, 3.63) is 35.4 Å². The van der Waals surface area contributed by atoms with Crippen molar-refractivity contribution in [2.45, 2.75) is 17.7 Å². The van der Waals surface area contributed by atoms with Gasteiger partial charge in [-0.2, -0.15) is 0 Å². The van der Waals surface area contributed by atoms with Crippen molar-refractivity contribution in [2.24, 2.45) is 0 Å². The van der Waals surface area contributed by atoms with Crippen LogP contribution in [0.5, 0.6) is 0 Å². The number of anilines is 1. The predicted molar refractivity (Wildman–Crippen MR) is 88.3 cm³/mol. The number of fused-ring (bicyclic) bond motifs is 1. The summed E-state index contributed by atoms with van der Waals surface area (Å²) in [4.78, 5) is 24.9. The highest BCUT2D eigenvalue weighted by molar-refractivity contribution is 7.99. The number of amides is 2. The van der Waals surface area contributed by atoms with Gasteiger partial charge in [0.15, 0.2) is 0 Å². The molecule has 3 N–H and O–H groups in total. The van der Waals surface area contributed by atoms with Crippen molar-refractivity contribution < 1.29 is 9.59 Å². The lowest BCUT2D eigenvalue weighted by atomic mass is 10.1. The van der Waals surface area contributed by atoms with E-state index < -0.39 is 0 Å². The molecule has 5 nitrogen and oxygen atoms in total. The molecule has 22 heavy (non-hydrogen) atoms. The largest absolute Gasteiger partial charge is 0.348 e. The quantitative estimate of drug-likeness (QED) is 0.743. The maximum Gasteiger partial charge on any atom is 0.251 e. The van der Waals surface area contributed by atoms with Crippen LogP contribution in [0.3, 0.4) is 0 Å². The highest BCUT2D eigenvalue weighted by Crippen LogP contribution is 2.31. The van der Waals surface area contributed by atoms with E-state index in [1.165, 1.54) is 5.57 Å².